The molecule has 0 bridgehead atoms. The first kappa shape index (κ1) is 12.5. The monoisotopic (exact) mass is 243 g/mol. The second kappa shape index (κ2) is 4.73. The third kappa shape index (κ3) is 2.06. The van der Waals surface area contributed by atoms with Crippen LogP contribution in [0.5, 0.6) is 0 Å². The lowest BCUT2D eigenvalue weighted by molar-refractivity contribution is 0.734. The van der Waals surface area contributed by atoms with Crippen molar-refractivity contribution in [2.24, 2.45) is 0 Å². The van der Waals surface area contributed by atoms with E-state index in [1.807, 2.05) is 0 Å². The number of nitrogens with zero attached hydrogens (tertiary/aromatic N) is 5. The number of nitriles is 1. The van der Waals surface area contributed by atoms with Gasteiger partial charge < -0.3 is 4.57 Å². The Morgan fingerprint density at radius 3 is 2.50 bits per heavy atom. The summed E-state index contributed by atoms with van der Waals surface area (Å²) in [6.45, 7) is 8.58. The molecule has 5 heteroatoms. The summed E-state index contributed by atoms with van der Waals surface area (Å²) in [5.41, 5.74) is 2.53. The molecule has 0 aromatic carbocycles. The molecule has 0 fully saturated rings. The number of aromatic nitrogens is 4. The Labute approximate surface area is 107 Å². The minimum atomic E-state index is 0.261. The Hall–Kier alpha value is -1.96. The molecule has 2 rings (SSSR count). The van der Waals surface area contributed by atoms with Crippen LogP contribution in [0.1, 0.15) is 51.0 Å². The minimum Gasteiger partial charge on any atom is -0.301 e. The summed E-state index contributed by atoms with van der Waals surface area (Å²) >= 11 is 0. The van der Waals surface area contributed by atoms with Gasteiger partial charge in [0, 0.05) is 5.92 Å². The smallest absolute Gasteiger partial charge is 0.164 e. The van der Waals surface area contributed by atoms with Crippen molar-refractivity contribution >= 4 is 11.2 Å². The maximum absolute atomic E-state index is 8.81. The zero-order valence-electron chi connectivity index (χ0n) is 11.2. The molecule has 0 aliphatic heterocycles. The molecule has 0 atom stereocenters. The fraction of sp³-hybridized carbons (Fsp3) is 0.538. The van der Waals surface area contributed by atoms with Crippen molar-refractivity contribution in [3.8, 4) is 6.07 Å². The van der Waals surface area contributed by atoms with E-state index >= 15 is 0 Å². The SMILES string of the molecule is CC(C)c1nc(C(C)C)c2ncn(CC#N)c2n1. The van der Waals surface area contributed by atoms with Gasteiger partial charge in [-0.05, 0) is 5.92 Å². The summed E-state index contributed by atoms with van der Waals surface area (Å²) in [6.07, 6.45) is 1.67. The highest BCUT2D eigenvalue weighted by molar-refractivity contribution is 5.74. The number of rotatable bonds is 3. The molecule has 94 valence electrons. The van der Waals surface area contributed by atoms with Crippen LogP contribution in [0.25, 0.3) is 11.2 Å². The van der Waals surface area contributed by atoms with E-state index in [2.05, 4.69) is 48.7 Å². The molecule has 0 saturated carbocycles. The summed E-state index contributed by atoms with van der Waals surface area (Å²) in [6, 6.07) is 2.12. The Morgan fingerprint density at radius 2 is 1.94 bits per heavy atom. The fourth-order valence-corrected chi connectivity index (χ4v) is 1.84. The van der Waals surface area contributed by atoms with Crippen LogP contribution in [0, 0.1) is 11.3 Å². The van der Waals surface area contributed by atoms with Crippen molar-refractivity contribution in [2.45, 2.75) is 46.1 Å². The summed E-state index contributed by atoms with van der Waals surface area (Å²) < 4.78 is 1.77. The van der Waals surface area contributed by atoms with E-state index in [4.69, 9.17) is 5.26 Å². The maximum Gasteiger partial charge on any atom is 0.164 e. The lowest BCUT2D eigenvalue weighted by Crippen LogP contribution is -2.06. The zero-order valence-corrected chi connectivity index (χ0v) is 11.2. The first-order valence-corrected chi connectivity index (χ1v) is 6.14. The van der Waals surface area contributed by atoms with E-state index in [1.165, 1.54) is 0 Å². The molecule has 0 aliphatic carbocycles. The van der Waals surface area contributed by atoms with Gasteiger partial charge in [0.2, 0.25) is 0 Å². The molecule has 2 heterocycles. The second-order valence-electron chi connectivity index (χ2n) is 4.98. The summed E-state index contributed by atoms with van der Waals surface area (Å²) in [7, 11) is 0. The van der Waals surface area contributed by atoms with E-state index in [-0.39, 0.29) is 12.5 Å². The molecule has 0 amide bonds. The van der Waals surface area contributed by atoms with Crippen LogP contribution in [0.3, 0.4) is 0 Å². The van der Waals surface area contributed by atoms with E-state index in [0.29, 0.717) is 5.92 Å². The second-order valence-corrected chi connectivity index (χ2v) is 4.98. The quantitative estimate of drug-likeness (QED) is 0.831. The van der Waals surface area contributed by atoms with Gasteiger partial charge in [-0.25, -0.2) is 15.0 Å². The summed E-state index contributed by atoms with van der Waals surface area (Å²) in [4.78, 5) is 13.5. The maximum atomic E-state index is 8.81. The van der Waals surface area contributed by atoms with Gasteiger partial charge in [0.15, 0.2) is 5.65 Å². The Bertz CT molecular complexity index is 604. The van der Waals surface area contributed by atoms with Crippen LogP contribution in [-0.4, -0.2) is 19.5 Å². The highest BCUT2D eigenvalue weighted by Crippen LogP contribution is 2.23. The molecule has 2 aromatic rings. The van der Waals surface area contributed by atoms with Gasteiger partial charge in [0.05, 0.1) is 18.1 Å². The fourth-order valence-electron chi connectivity index (χ4n) is 1.84. The number of imidazole rings is 1. The van der Waals surface area contributed by atoms with Gasteiger partial charge in [-0.3, -0.25) is 0 Å². The Morgan fingerprint density at radius 1 is 1.22 bits per heavy atom. The van der Waals surface area contributed by atoms with Gasteiger partial charge in [-0.2, -0.15) is 5.26 Å². The largest absolute Gasteiger partial charge is 0.301 e. The predicted molar refractivity (Wildman–Crippen MR) is 69.1 cm³/mol. The van der Waals surface area contributed by atoms with Crippen LogP contribution in [0.2, 0.25) is 0 Å². The average molecular weight is 243 g/mol. The first-order chi connectivity index (χ1) is 8.54. The standard InChI is InChI=1S/C13H17N5/c1-8(2)10-11-13(17-12(16-10)9(3)4)18(6-5-14)7-15-11/h7-9H,6H2,1-4H3. The van der Waals surface area contributed by atoms with Gasteiger partial charge in [0.25, 0.3) is 0 Å². The van der Waals surface area contributed by atoms with Crippen molar-refractivity contribution in [1.29, 1.82) is 5.26 Å². The molecule has 0 unspecified atom stereocenters. The molecule has 5 nitrogen and oxygen atoms in total. The molecule has 18 heavy (non-hydrogen) atoms. The topological polar surface area (TPSA) is 67.4 Å². The van der Waals surface area contributed by atoms with Crippen molar-refractivity contribution < 1.29 is 0 Å². The molecular weight excluding hydrogens is 226 g/mol. The number of hydrogen-bond acceptors (Lipinski definition) is 4. The predicted octanol–water partition coefficient (Wildman–Crippen LogP) is 2.60. The van der Waals surface area contributed by atoms with E-state index in [9.17, 15) is 0 Å². The highest BCUT2D eigenvalue weighted by atomic mass is 15.1. The van der Waals surface area contributed by atoms with E-state index < -0.39 is 0 Å². The number of hydrogen-bond donors (Lipinski definition) is 0. The number of fused-ring (bicyclic) bond motifs is 1. The minimum absolute atomic E-state index is 0.261. The summed E-state index contributed by atoms with van der Waals surface area (Å²) in [5.74, 6) is 1.36. The van der Waals surface area contributed by atoms with Gasteiger partial charge in [-0.15, -0.1) is 0 Å². The molecule has 0 saturated heterocycles. The van der Waals surface area contributed by atoms with E-state index in [1.54, 1.807) is 10.9 Å². The van der Waals surface area contributed by atoms with Crippen LogP contribution >= 0.6 is 0 Å². The first-order valence-electron chi connectivity index (χ1n) is 6.14. The van der Waals surface area contributed by atoms with E-state index in [0.717, 1.165) is 22.7 Å². The van der Waals surface area contributed by atoms with Crippen molar-refractivity contribution in [1.82, 2.24) is 19.5 Å². The Balaban J connectivity index is 2.72. The molecule has 0 radical (unpaired) electrons. The summed E-state index contributed by atoms with van der Waals surface area (Å²) in [5, 5.41) is 8.81. The average Bonchev–Trinajstić information content (AvgIpc) is 2.71. The molecule has 0 spiro atoms. The van der Waals surface area contributed by atoms with Gasteiger partial charge in [0.1, 0.15) is 17.9 Å². The molecule has 0 N–H and O–H groups in total. The third-order valence-corrected chi connectivity index (χ3v) is 2.81. The highest BCUT2D eigenvalue weighted by Gasteiger charge is 2.16. The molecule has 2 aromatic heterocycles. The van der Waals surface area contributed by atoms with Crippen molar-refractivity contribution in [3.05, 3.63) is 17.8 Å². The lowest BCUT2D eigenvalue weighted by atomic mass is 10.1. The molecule has 0 aliphatic rings. The third-order valence-electron chi connectivity index (χ3n) is 2.81. The van der Waals surface area contributed by atoms with Gasteiger partial charge in [-0.1, -0.05) is 27.7 Å². The molecular formula is C13H17N5. The van der Waals surface area contributed by atoms with Crippen LogP contribution in [0.4, 0.5) is 0 Å². The van der Waals surface area contributed by atoms with Crippen molar-refractivity contribution in [3.63, 3.8) is 0 Å². The van der Waals surface area contributed by atoms with Gasteiger partial charge >= 0.3 is 0 Å². The van der Waals surface area contributed by atoms with Crippen molar-refractivity contribution in [2.75, 3.05) is 0 Å². The van der Waals surface area contributed by atoms with Crippen LogP contribution in [0.15, 0.2) is 6.33 Å². The van der Waals surface area contributed by atoms with Crippen LogP contribution in [-0.2, 0) is 6.54 Å². The van der Waals surface area contributed by atoms with Crippen LogP contribution < -0.4 is 0 Å². The lowest BCUT2D eigenvalue weighted by Gasteiger charge is -2.10. The Kier molecular flexibility index (Phi) is 3.28. The zero-order chi connectivity index (χ0) is 13.3. The normalized spacial score (nSPS) is 11.4.